The minimum Gasteiger partial charge on any atom is -0.507 e. The van der Waals surface area contributed by atoms with Crippen LogP contribution in [0.2, 0.25) is 5.02 Å². The number of pyridine rings is 1. The van der Waals surface area contributed by atoms with Gasteiger partial charge in [0.1, 0.15) is 5.75 Å². The standard InChI is InChI=1S/C24H19ClF3N3O4S2/c1-31(2)37(34,35)30-15-5-7-16(8-6-15)36-22-21(18-12-14(25)4-10-20(18)32)17-11-13(24(26,27)28)3-9-19(17)29-23(22)33/h3-12,30,32H,1-2H3,(H,29,33). The minimum atomic E-state index is -4.64. The number of rotatable bonds is 6. The number of hydrogen-bond acceptors (Lipinski definition) is 5. The van der Waals surface area contributed by atoms with Crippen molar-refractivity contribution >= 4 is 50.2 Å². The summed E-state index contributed by atoms with van der Waals surface area (Å²) in [6, 6.07) is 13.1. The van der Waals surface area contributed by atoms with E-state index < -0.39 is 27.5 Å². The van der Waals surface area contributed by atoms with Crippen LogP contribution >= 0.6 is 23.4 Å². The zero-order valence-electron chi connectivity index (χ0n) is 19.2. The zero-order chi connectivity index (χ0) is 27.1. The van der Waals surface area contributed by atoms with E-state index in [1.807, 2.05) is 0 Å². The Kier molecular flexibility index (Phi) is 7.21. The number of aromatic hydroxyl groups is 1. The molecule has 0 aliphatic carbocycles. The fourth-order valence-electron chi connectivity index (χ4n) is 3.47. The molecule has 13 heteroatoms. The predicted octanol–water partition coefficient (Wildman–Crippen LogP) is 5.94. The number of anilines is 1. The first-order chi connectivity index (χ1) is 17.3. The molecule has 0 unspecified atom stereocenters. The number of phenolic OH excluding ortho intramolecular Hbond substituents is 1. The van der Waals surface area contributed by atoms with E-state index in [2.05, 4.69) is 9.71 Å². The third-order valence-electron chi connectivity index (χ3n) is 5.33. The van der Waals surface area contributed by atoms with Gasteiger partial charge in [0, 0.05) is 51.7 Å². The van der Waals surface area contributed by atoms with E-state index in [1.54, 1.807) is 12.1 Å². The van der Waals surface area contributed by atoms with Crippen molar-refractivity contribution in [1.29, 1.82) is 0 Å². The van der Waals surface area contributed by atoms with E-state index in [0.717, 1.165) is 34.3 Å². The van der Waals surface area contributed by atoms with Crippen molar-refractivity contribution in [2.24, 2.45) is 0 Å². The Hall–Kier alpha value is -3.19. The Morgan fingerprint density at radius 1 is 1.03 bits per heavy atom. The Bertz CT molecular complexity index is 1660. The Labute approximate surface area is 219 Å². The molecule has 0 radical (unpaired) electrons. The van der Waals surface area contributed by atoms with Gasteiger partial charge in [-0.15, -0.1) is 0 Å². The predicted molar refractivity (Wildman–Crippen MR) is 138 cm³/mol. The molecule has 0 atom stereocenters. The molecule has 194 valence electrons. The van der Waals surface area contributed by atoms with Crippen LogP contribution in [0.3, 0.4) is 0 Å². The molecule has 4 aromatic rings. The van der Waals surface area contributed by atoms with E-state index in [1.165, 1.54) is 44.4 Å². The lowest BCUT2D eigenvalue weighted by Crippen LogP contribution is -2.28. The minimum absolute atomic E-state index is 0.0195. The summed E-state index contributed by atoms with van der Waals surface area (Å²) in [5.41, 5.74) is -0.946. The van der Waals surface area contributed by atoms with Gasteiger partial charge in [0.15, 0.2) is 0 Å². The number of fused-ring (bicyclic) bond motifs is 1. The number of phenols is 1. The van der Waals surface area contributed by atoms with Gasteiger partial charge in [0.25, 0.3) is 5.56 Å². The fraction of sp³-hybridized carbons (Fsp3) is 0.125. The van der Waals surface area contributed by atoms with Gasteiger partial charge in [-0.2, -0.15) is 25.9 Å². The maximum absolute atomic E-state index is 13.5. The molecular weight excluding hydrogens is 551 g/mol. The average Bonchev–Trinajstić information content (AvgIpc) is 2.81. The van der Waals surface area contributed by atoms with Crippen LogP contribution in [-0.2, 0) is 16.4 Å². The SMILES string of the molecule is CN(C)S(=O)(=O)Nc1ccc(Sc2c(-c3cc(Cl)ccc3O)c3cc(C(F)(F)F)ccc3[nH]c2=O)cc1. The van der Waals surface area contributed by atoms with Crippen LogP contribution < -0.4 is 10.3 Å². The number of aromatic nitrogens is 1. The first-order valence-corrected chi connectivity index (χ1v) is 13.1. The van der Waals surface area contributed by atoms with Gasteiger partial charge in [-0.3, -0.25) is 9.52 Å². The molecule has 0 saturated carbocycles. The number of benzene rings is 3. The highest BCUT2D eigenvalue weighted by molar-refractivity contribution is 7.99. The molecule has 4 rings (SSSR count). The average molecular weight is 570 g/mol. The molecule has 3 N–H and O–H groups in total. The summed E-state index contributed by atoms with van der Waals surface area (Å²) in [4.78, 5) is 16.2. The van der Waals surface area contributed by atoms with Crippen molar-refractivity contribution in [2.75, 3.05) is 18.8 Å². The van der Waals surface area contributed by atoms with Crippen LogP contribution in [0, 0.1) is 0 Å². The quantitative estimate of drug-likeness (QED) is 0.267. The van der Waals surface area contributed by atoms with Crippen LogP contribution in [0.4, 0.5) is 18.9 Å². The van der Waals surface area contributed by atoms with Crippen LogP contribution in [0.25, 0.3) is 22.0 Å². The number of aromatic amines is 1. The molecule has 7 nitrogen and oxygen atoms in total. The topological polar surface area (TPSA) is 102 Å². The largest absolute Gasteiger partial charge is 0.507 e. The van der Waals surface area contributed by atoms with Crippen LogP contribution in [-0.4, -0.2) is 36.9 Å². The monoisotopic (exact) mass is 569 g/mol. The number of nitrogens with zero attached hydrogens (tertiary/aromatic N) is 1. The van der Waals surface area contributed by atoms with Crippen LogP contribution in [0.15, 0.2) is 75.2 Å². The molecule has 1 aromatic heterocycles. The second-order valence-electron chi connectivity index (χ2n) is 8.09. The third kappa shape index (κ3) is 5.72. The van der Waals surface area contributed by atoms with E-state index in [-0.39, 0.29) is 43.4 Å². The lowest BCUT2D eigenvalue weighted by atomic mass is 9.98. The van der Waals surface area contributed by atoms with E-state index >= 15 is 0 Å². The number of H-pyrrole nitrogens is 1. The van der Waals surface area contributed by atoms with Gasteiger partial charge in [0.2, 0.25) is 0 Å². The molecule has 0 saturated heterocycles. The Morgan fingerprint density at radius 3 is 2.32 bits per heavy atom. The van der Waals surface area contributed by atoms with Crippen molar-refractivity contribution in [3.05, 3.63) is 81.6 Å². The van der Waals surface area contributed by atoms with Gasteiger partial charge in [-0.1, -0.05) is 23.4 Å². The molecule has 0 amide bonds. The first-order valence-electron chi connectivity index (χ1n) is 10.5. The summed E-state index contributed by atoms with van der Waals surface area (Å²) in [7, 11) is -0.991. The maximum atomic E-state index is 13.5. The van der Waals surface area contributed by atoms with Gasteiger partial charge in [-0.25, -0.2) is 0 Å². The second kappa shape index (κ2) is 9.93. The molecule has 0 spiro atoms. The fourth-order valence-corrected chi connectivity index (χ4v) is 5.24. The highest BCUT2D eigenvalue weighted by atomic mass is 35.5. The van der Waals surface area contributed by atoms with Crippen molar-refractivity contribution in [1.82, 2.24) is 9.29 Å². The number of hydrogen-bond donors (Lipinski definition) is 3. The lowest BCUT2D eigenvalue weighted by molar-refractivity contribution is -0.137. The van der Waals surface area contributed by atoms with Crippen molar-refractivity contribution in [2.45, 2.75) is 16.0 Å². The van der Waals surface area contributed by atoms with E-state index in [9.17, 15) is 31.5 Å². The maximum Gasteiger partial charge on any atom is 0.416 e. The van der Waals surface area contributed by atoms with E-state index in [4.69, 9.17) is 11.6 Å². The lowest BCUT2D eigenvalue weighted by Gasteiger charge is -2.16. The summed E-state index contributed by atoms with van der Waals surface area (Å²) >= 11 is 7.07. The number of halogens is 4. The molecule has 3 aromatic carbocycles. The molecule has 0 aliphatic rings. The van der Waals surface area contributed by atoms with Crippen LogP contribution in [0.1, 0.15) is 5.56 Å². The molecular formula is C24H19ClF3N3O4S2. The Morgan fingerprint density at radius 2 is 1.70 bits per heavy atom. The smallest absolute Gasteiger partial charge is 0.416 e. The van der Waals surface area contributed by atoms with Gasteiger partial charge >= 0.3 is 16.4 Å². The van der Waals surface area contributed by atoms with Gasteiger partial charge in [0.05, 0.1) is 10.5 Å². The number of nitrogens with one attached hydrogen (secondary N) is 2. The highest BCUT2D eigenvalue weighted by Crippen LogP contribution is 2.43. The van der Waals surface area contributed by atoms with Crippen molar-refractivity contribution in [3.8, 4) is 16.9 Å². The molecule has 37 heavy (non-hydrogen) atoms. The third-order valence-corrected chi connectivity index (χ3v) is 8.12. The second-order valence-corrected chi connectivity index (χ2v) is 11.5. The summed E-state index contributed by atoms with van der Waals surface area (Å²) in [5.74, 6) is -0.274. The number of alkyl halides is 3. The highest BCUT2D eigenvalue weighted by Gasteiger charge is 2.31. The molecule has 0 fully saturated rings. The molecule has 0 aliphatic heterocycles. The van der Waals surface area contributed by atoms with E-state index in [0.29, 0.717) is 4.90 Å². The van der Waals surface area contributed by atoms with Gasteiger partial charge < -0.3 is 10.1 Å². The zero-order valence-corrected chi connectivity index (χ0v) is 21.6. The van der Waals surface area contributed by atoms with Crippen molar-refractivity contribution in [3.63, 3.8) is 0 Å². The summed E-state index contributed by atoms with van der Waals surface area (Å²) in [6.07, 6.45) is -4.64. The Balaban J connectivity index is 1.89. The van der Waals surface area contributed by atoms with Gasteiger partial charge in [-0.05, 0) is 60.7 Å². The molecule has 1 heterocycles. The normalized spacial score (nSPS) is 12.3. The van der Waals surface area contributed by atoms with Crippen molar-refractivity contribution < 1.29 is 26.7 Å². The summed E-state index contributed by atoms with van der Waals surface area (Å²) in [6.45, 7) is 0. The summed E-state index contributed by atoms with van der Waals surface area (Å²) < 4.78 is 68.1. The molecule has 0 bridgehead atoms. The summed E-state index contributed by atoms with van der Waals surface area (Å²) in [5, 5.41) is 10.8. The van der Waals surface area contributed by atoms with Crippen LogP contribution in [0.5, 0.6) is 5.75 Å². The first kappa shape index (κ1) is 26.9.